The first kappa shape index (κ1) is 12.3. The van der Waals surface area contributed by atoms with Gasteiger partial charge in [0.05, 0.1) is 0 Å². The fourth-order valence-corrected chi connectivity index (χ4v) is 2.71. The van der Waals surface area contributed by atoms with Crippen molar-refractivity contribution in [3.8, 4) is 0 Å². The van der Waals surface area contributed by atoms with E-state index in [0.29, 0.717) is 0 Å². The molecule has 0 radical (unpaired) electrons. The molecule has 1 aliphatic rings. The highest BCUT2D eigenvalue weighted by Gasteiger charge is 2.55. The molecule has 1 aromatic rings. The van der Waals surface area contributed by atoms with Crippen LogP contribution in [0.5, 0.6) is 0 Å². The van der Waals surface area contributed by atoms with E-state index >= 15 is 0 Å². The van der Waals surface area contributed by atoms with E-state index in [0.717, 1.165) is 0 Å². The van der Waals surface area contributed by atoms with Crippen molar-refractivity contribution in [3.63, 3.8) is 0 Å². The van der Waals surface area contributed by atoms with Crippen LogP contribution in [-0.4, -0.2) is 17.0 Å². The van der Waals surface area contributed by atoms with Gasteiger partial charge < -0.3 is 5.11 Å². The lowest BCUT2D eigenvalue weighted by molar-refractivity contribution is -0.144. The minimum absolute atomic E-state index is 0.0843. The van der Waals surface area contributed by atoms with Gasteiger partial charge in [-0.25, -0.2) is 8.78 Å². The second kappa shape index (κ2) is 3.95. The van der Waals surface area contributed by atoms with E-state index in [1.165, 1.54) is 12.1 Å². The second-order valence-electron chi connectivity index (χ2n) is 4.40. The molecule has 17 heavy (non-hydrogen) atoms. The molecule has 1 aromatic carbocycles. The lowest BCUT2D eigenvalue weighted by Crippen LogP contribution is -2.34. The molecule has 2 nitrogen and oxygen atoms in total. The van der Waals surface area contributed by atoms with Crippen LogP contribution in [0.15, 0.2) is 24.3 Å². The maximum absolute atomic E-state index is 13.3. The molecule has 0 aromatic heterocycles. The third-order valence-corrected chi connectivity index (χ3v) is 3.61. The molecule has 1 atom stereocenters. The minimum Gasteiger partial charge on any atom is -0.481 e. The van der Waals surface area contributed by atoms with Crippen LogP contribution in [0, 0.1) is 0 Å². The van der Waals surface area contributed by atoms with Gasteiger partial charge in [0.2, 0.25) is 5.92 Å². The number of aliphatic carboxylic acids is 1. The largest absolute Gasteiger partial charge is 0.481 e. The van der Waals surface area contributed by atoms with Crippen LogP contribution >= 0.6 is 11.6 Å². The summed E-state index contributed by atoms with van der Waals surface area (Å²) >= 11 is 5.92. The number of halogens is 3. The monoisotopic (exact) mass is 260 g/mol. The average molecular weight is 261 g/mol. The Morgan fingerprint density at radius 3 is 2.41 bits per heavy atom. The summed E-state index contributed by atoms with van der Waals surface area (Å²) in [5, 5.41) is 9.51. The van der Waals surface area contributed by atoms with Gasteiger partial charge in [-0.1, -0.05) is 29.8 Å². The molecule has 0 saturated heterocycles. The summed E-state index contributed by atoms with van der Waals surface area (Å²) in [6, 6.07) is 6.30. The Bertz CT molecular complexity index is 462. The molecule has 92 valence electrons. The lowest BCUT2D eigenvalue weighted by Gasteiger charge is -2.25. The number of alkyl halides is 2. The highest BCUT2D eigenvalue weighted by Crippen LogP contribution is 2.50. The number of hydrogen-bond acceptors (Lipinski definition) is 1. The summed E-state index contributed by atoms with van der Waals surface area (Å²) in [7, 11) is 0. The Morgan fingerprint density at radius 2 is 1.94 bits per heavy atom. The van der Waals surface area contributed by atoms with Gasteiger partial charge in [0.25, 0.3) is 0 Å². The Kier molecular flexibility index (Phi) is 2.86. The third kappa shape index (κ3) is 2.02. The van der Waals surface area contributed by atoms with Crippen molar-refractivity contribution in [1.82, 2.24) is 0 Å². The molecule has 0 aliphatic heterocycles. The molecule has 1 unspecified atom stereocenters. The second-order valence-corrected chi connectivity index (χ2v) is 4.81. The quantitative estimate of drug-likeness (QED) is 0.884. The average Bonchev–Trinajstić information content (AvgIpc) is 2.56. The fourth-order valence-electron chi connectivity index (χ4n) is 2.39. The summed E-state index contributed by atoms with van der Waals surface area (Å²) in [6.07, 6.45) is -1.18. The van der Waals surface area contributed by atoms with Gasteiger partial charge in [-0.15, -0.1) is 0 Å². The molecule has 1 fully saturated rings. The van der Waals surface area contributed by atoms with Crippen LogP contribution < -0.4 is 0 Å². The van der Waals surface area contributed by atoms with Gasteiger partial charge >= 0.3 is 5.97 Å². The molecule has 5 heteroatoms. The van der Waals surface area contributed by atoms with Gasteiger partial charge in [-0.2, -0.15) is 0 Å². The summed E-state index contributed by atoms with van der Waals surface area (Å²) in [6.45, 7) is 0. The van der Waals surface area contributed by atoms with Crippen LogP contribution in [0.1, 0.15) is 24.8 Å². The van der Waals surface area contributed by atoms with Crippen molar-refractivity contribution in [2.24, 2.45) is 0 Å². The van der Waals surface area contributed by atoms with Crippen molar-refractivity contribution in [2.75, 3.05) is 0 Å². The van der Waals surface area contributed by atoms with Crippen molar-refractivity contribution < 1.29 is 18.7 Å². The molecule has 0 spiro atoms. The molecule has 1 saturated carbocycles. The molecule has 2 rings (SSSR count). The maximum atomic E-state index is 13.3. The summed E-state index contributed by atoms with van der Waals surface area (Å²) in [5.74, 6) is -4.17. The van der Waals surface area contributed by atoms with Crippen molar-refractivity contribution in [2.45, 2.75) is 30.6 Å². The van der Waals surface area contributed by atoms with Crippen LogP contribution in [-0.2, 0) is 10.2 Å². The summed E-state index contributed by atoms with van der Waals surface area (Å²) in [4.78, 5) is 11.4. The number of benzene rings is 1. The van der Waals surface area contributed by atoms with Crippen LogP contribution in [0.25, 0.3) is 0 Å². The predicted octanol–water partition coefficient (Wildman–Crippen LogP) is 3.48. The molecule has 0 amide bonds. The van der Waals surface area contributed by atoms with Crippen LogP contribution in [0.4, 0.5) is 8.78 Å². The molecule has 0 bridgehead atoms. The van der Waals surface area contributed by atoms with E-state index in [9.17, 15) is 18.7 Å². The van der Waals surface area contributed by atoms with E-state index in [1.807, 2.05) is 0 Å². The van der Waals surface area contributed by atoms with E-state index in [4.69, 9.17) is 11.6 Å². The predicted molar refractivity (Wildman–Crippen MR) is 59.6 cm³/mol. The van der Waals surface area contributed by atoms with Crippen molar-refractivity contribution >= 4 is 17.6 Å². The normalized spacial score (nSPS) is 27.0. The maximum Gasteiger partial charge on any atom is 0.314 e. The third-order valence-electron chi connectivity index (χ3n) is 3.28. The van der Waals surface area contributed by atoms with Gasteiger partial charge in [0, 0.05) is 17.9 Å². The van der Waals surface area contributed by atoms with Gasteiger partial charge in [0.1, 0.15) is 5.41 Å². The number of rotatable bonds is 2. The Morgan fingerprint density at radius 1 is 1.29 bits per heavy atom. The zero-order valence-electron chi connectivity index (χ0n) is 8.92. The molecule has 0 heterocycles. The van der Waals surface area contributed by atoms with E-state index in [2.05, 4.69) is 0 Å². The van der Waals surface area contributed by atoms with Gasteiger partial charge in [-0.05, 0) is 18.1 Å². The number of carboxylic acid groups (broad SMARTS) is 1. The Labute approximate surface area is 102 Å². The first-order valence-corrected chi connectivity index (χ1v) is 5.61. The first-order valence-electron chi connectivity index (χ1n) is 5.24. The standard InChI is InChI=1S/C12H11ClF2O2/c13-9-4-2-1-3-8(9)11(10(16)17)5-6-12(14,15)7-11/h1-4H,5-7H2,(H,16,17). The van der Waals surface area contributed by atoms with Gasteiger partial charge in [-0.3, -0.25) is 4.79 Å². The highest BCUT2D eigenvalue weighted by molar-refractivity contribution is 6.31. The Hall–Kier alpha value is -1.16. The summed E-state index contributed by atoms with van der Waals surface area (Å²) in [5.41, 5.74) is -1.27. The zero-order chi connectivity index (χ0) is 12.7. The lowest BCUT2D eigenvalue weighted by atomic mass is 9.79. The smallest absolute Gasteiger partial charge is 0.314 e. The summed E-state index contributed by atoms with van der Waals surface area (Å²) < 4.78 is 26.6. The molecular weight excluding hydrogens is 250 g/mol. The number of carboxylic acids is 1. The van der Waals surface area contributed by atoms with Crippen molar-refractivity contribution in [3.05, 3.63) is 34.9 Å². The fraction of sp³-hybridized carbons (Fsp3) is 0.417. The van der Waals surface area contributed by atoms with E-state index in [1.54, 1.807) is 12.1 Å². The van der Waals surface area contributed by atoms with Crippen molar-refractivity contribution in [1.29, 1.82) is 0 Å². The van der Waals surface area contributed by atoms with Crippen LogP contribution in [0.2, 0.25) is 5.02 Å². The Balaban J connectivity index is 2.51. The molecule has 1 N–H and O–H groups in total. The molecular formula is C12H11ClF2O2. The molecule has 1 aliphatic carbocycles. The topological polar surface area (TPSA) is 37.3 Å². The van der Waals surface area contributed by atoms with Crippen LogP contribution in [0.3, 0.4) is 0 Å². The minimum atomic E-state index is -2.93. The van der Waals surface area contributed by atoms with E-state index < -0.39 is 30.1 Å². The number of carbonyl (C=O) groups is 1. The van der Waals surface area contributed by atoms with E-state index in [-0.39, 0.29) is 17.0 Å². The first-order chi connectivity index (χ1) is 7.87. The zero-order valence-corrected chi connectivity index (χ0v) is 9.68. The number of hydrogen-bond donors (Lipinski definition) is 1. The highest BCUT2D eigenvalue weighted by atomic mass is 35.5. The van der Waals surface area contributed by atoms with Gasteiger partial charge in [0.15, 0.2) is 0 Å². The SMILES string of the molecule is O=C(O)C1(c2ccccc2Cl)CCC(F)(F)C1.